The van der Waals surface area contributed by atoms with E-state index in [0.717, 1.165) is 17.7 Å². The molecule has 1 heterocycles. The molecule has 3 amide bonds. The SMILES string of the molecule is CC(=O)CN1C(=O)C(C)N(C2CC2)C1=O. The van der Waals surface area contributed by atoms with Gasteiger partial charge in [-0.25, -0.2) is 4.79 Å². The number of urea groups is 1. The summed E-state index contributed by atoms with van der Waals surface area (Å²) in [7, 11) is 0. The number of amides is 3. The number of carbonyl (C=O) groups is 3. The first-order valence-corrected chi connectivity index (χ1v) is 5.15. The number of carbonyl (C=O) groups excluding carboxylic acids is 3. The van der Waals surface area contributed by atoms with Crippen molar-refractivity contribution in [2.75, 3.05) is 6.54 Å². The zero-order valence-electron chi connectivity index (χ0n) is 8.90. The van der Waals surface area contributed by atoms with Crippen molar-refractivity contribution in [3.05, 3.63) is 0 Å². The molecule has 0 aromatic heterocycles. The number of imide groups is 1. The van der Waals surface area contributed by atoms with Gasteiger partial charge in [0.25, 0.3) is 5.91 Å². The quantitative estimate of drug-likeness (QED) is 0.633. The predicted octanol–water partition coefficient (Wildman–Crippen LogP) is 0.390. The molecule has 0 bridgehead atoms. The second kappa shape index (κ2) is 3.32. The van der Waals surface area contributed by atoms with E-state index < -0.39 is 6.04 Å². The Morgan fingerprint density at radius 3 is 2.47 bits per heavy atom. The van der Waals surface area contributed by atoms with Crippen LogP contribution in [-0.2, 0) is 9.59 Å². The van der Waals surface area contributed by atoms with Crippen molar-refractivity contribution < 1.29 is 14.4 Å². The van der Waals surface area contributed by atoms with Gasteiger partial charge in [0.1, 0.15) is 11.8 Å². The van der Waals surface area contributed by atoms with E-state index in [2.05, 4.69) is 0 Å². The summed E-state index contributed by atoms with van der Waals surface area (Å²) in [6.45, 7) is 3.01. The van der Waals surface area contributed by atoms with Crippen LogP contribution in [-0.4, -0.2) is 46.1 Å². The number of nitrogens with zero attached hydrogens (tertiary/aromatic N) is 2. The van der Waals surface area contributed by atoms with Crippen LogP contribution in [0.4, 0.5) is 4.79 Å². The maximum atomic E-state index is 11.8. The average molecular weight is 210 g/mol. The molecule has 5 heteroatoms. The fraction of sp³-hybridized carbons (Fsp3) is 0.700. The Bertz CT molecular complexity index is 336. The first-order chi connectivity index (χ1) is 7.02. The van der Waals surface area contributed by atoms with E-state index in [4.69, 9.17) is 0 Å². The molecule has 0 aromatic carbocycles. The van der Waals surface area contributed by atoms with Crippen LogP contribution < -0.4 is 0 Å². The Balaban J connectivity index is 2.16. The normalized spacial score (nSPS) is 26.4. The second-order valence-electron chi connectivity index (χ2n) is 4.22. The summed E-state index contributed by atoms with van der Waals surface area (Å²) in [6.07, 6.45) is 1.94. The summed E-state index contributed by atoms with van der Waals surface area (Å²) in [5, 5.41) is 0. The molecule has 5 nitrogen and oxygen atoms in total. The fourth-order valence-electron chi connectivity index (χ4n) is 1.94. The van der Waals surface area contributed by atoms with Crippen LogP contribution in [0.1, 0.15) is 26.7 Å². The highest BCUT2D eigenvalue weighted by Gasteiger charge is 2.48. The van der Waals surface area contributed by atoms with E-state index in [1.807, 2.05) is 0 Å². The molecule has 82 valence electrons. The van der Waals surface area contributed by atoms with E-state index in [9.17, 15) is 14.4 Å². The fourth-order valence-corrected chi connectivity index (χ4v) is 1.94. The monoisotopic (exact) mass is 210 g/mol. The van der Waals surface area contributed by atoms with Crippen molar-refractivity contribution in [2.24, 2.45) is 0 Å². The lowest BCUT2D eigenvalue weighted by Gasteiger charge is -2.17. The maximum Gasteiger partial charge on any atom is 0.328 e. The molecule has 2 aliphatic rings. The highest BCUT2D eigenvalue weighted by Crippen LogP contribution is 2.33. The lowest BCUT2D eigenvalue weighted by atomic mass is 10.3. The molecule has 2 fully saturated rings. The molecule has 1 saturated heterocycles. The number of Topliss-reactive ketones (excluding diaryl/α,β-unsaturated/α-hetero) is 1. The Kier molecular flexibility index (Phi) is 2.25. The van der Waals surface area contributed by atoms with Gasteiger partial charge in [-0.3, -0.25) is 14.5 Å². The van der Waals surface area contributed by atoms with Gasteiger partial charge in [-0.15, -0.1) is 0 Å². The molecular weight excluding hydrogens is 196 g/mol. The third-order valence-electron chi connectivity index (χ3n) is 2.81. The van der Waals surface area contributed by atoms with Crippen molar-refractivity contribution >= 4 is 17.7 Å². The molecule has 0 spiro atoms. The highest BCUT2D eigenvalue weighted by atomic mass is 16.2. The molecule has 0 aromatic rings. The van der Waals surface area contributed by atoms with Crippen LogP contribution in [0.3, 0.4) is 0 Å². The van der Waals surface area contributed by atoms with Crippen molar-refractivity contribution in [1.29, 1.82) is 0 Å². The largest absolute Gasteiger partial charge is 0.328 e. The molecular formula is C10H14N2O3. The predicted molar refractivity (Wildman–Crippen MR) is 52.1 cm³/mol. The van der Waals surface area contributed by atoms with Crippen molar-refractivity contribution in [1.82, 2.24) is 9.80 Å². The minimum atomic E-state index is -0.399. The number of rotatable bonds is 3. The number of hydrogen-bond donors (Lipinski definition) is 0. The Morgan fingerprint density at radius 2 is 2.00 bits per heavy atom. The first-order valence-electron chi connectivity index (χ1n) is 5.15. The van der Waals surface area contributed by atoms with E-state index in [-0.39, 0.29) is 30.3 Å². The Hall–Kier alpha value is -1.39. The molecule has 15 heavy (non-hydrogen) atoms. The van der Waals surface area contributed by atoms with Crippen molar-refractivity contribution in [2.45, 2.75) is 38.8 Å². The summed E-state index contributed by atoms with van der Waals surface area (Å²) in [5.74, 6) is -0.413. The lowest BCUT2D eigenvalue weighted by Crippen LogP contribution is -2.37. The lowest BCUT2D eigenvalue weighted by molar-refractivity contribution is -0.131. The van der Waals surface area contributed by atoms with Gasteiger partial charge in [0.05, 0.1) is 6.54 Å². The topological polar surface area (TPSA) is 57.7 Å². The molecule has 1 atom stereocenters. The zero-order valence-corrected chi connectivity index (χ0v) is 8.90. The third-order valence-corrected chi connectivity index (χ3v) is 2.81. The standard InChI is InChI=1S/C10H14N2O3/c1-6(13)5-11-9(14)7(2)12(10(11)15)8-3-4-8/h7-8H,3-5H2,1-2H3. The zero-order chi connectivity index (χ0) is 11.2. The minimum absolute atomic E-state index is 0.0920. The van der Waals surface area contributed by atoms with Crippen molar-refractivity contribution in [3.63, 3.8) is 0 Å². The molecule has 0 N–H and O–H groups in total. The van der Waals surface area contributed by atoms with E-state index in [0.29, 0.717) is 0 Å². The first kappa shape index (κ1) is 10.1. The van der Waals surface area contributed by atoms with Gasteiger partial charge in [0.2, 0.25) is 0 Å². The van der Waals surface area contributed by atoms with Crippen LogP contribution in [0.2, 0.25) is 0 Å². The summed E-state index contributed by atoms with van der Waals surface area (Å²) in [5.41, 5.74) is 0. The number of ketones is 1. The van der Waals surface area contributed by atoms with Crippen LogP contribution in [0, 0.1) is 0 Å². The van der Waals surface area contributed by atoms with Gasteiger partial charge in [-0.05, 0) is 26.7 Å². The molecule has 2 rings (SSSR count). The Morgan fingerprint density at radius 1 is 1.40 bits per heavy atom. The van der Waals surface area contributed by atoms with E-state index >= 15 is 0 Å². The summed E-state index contributed by atoms with van der Waals surface area (Å²) in [6, 6.07) is -0.483. The van der Waals surface area contributed by atoms with Gasteiger partial charge in [-0.1, -0.05) is 0 Å². The second-order valence-corrected chi connectivity index (χ2v) is 4.22. The van der Waals surface area contributed by atoms with Gasteiger partial charge in [-0.2, -0.15) is 0 Å². The van der Waals surface area contributed by atoms with Gasteiger partial charge in [0, 0.05) is 6.04 Å². The Labute approximate surface area is 88.0 Å². The van der Waals surface area contributed by atoms with Gasteiger partial charge < -0.3 is 4.90 Å². The summed E-state index contributed by atoms with van der Waals surface area (Å²) in [4.78, 5) is 37.1. The molecule has 1 aliphatic heterocycles. The molecule has 1 saturated carbocycles. The maximum absolute atomic E-state index is 11.8. The van der Waals surface area contributed by atoms with Crippen LogP contribution in [0.15, 0.2) is 0 Å². The number of hydrogen-bond acceptors (Lipinski definition) is 3. The van der Waals surface area contributed by atoms with Gasteiger partial charge >= 0.3 is 6.03 Å². The highest BCUT2D eigenvalue weighted by molar-refractivity contribution is 6.06. The third kappa shape index (κ3) is 1.62. The molecule has 1 aliphatic carbocycles. The van der Waals surface area contributed by atoms with Crippen LogP contribution >= 0.6 is 0 Å². The molecule has 1 unspecified atom stereocenters. The van der Waals surface area contributed by atoms with E-state index in [1.54, 1.807) is 11.8 Å². The summed E-state index contributed by atoms with van der Waals surface area (Å²) < 4.78 is 0. The smallest absolute Gasteiger partial charge is 0.310 e. The minimum Gasteiger partial charge on any atom is -0.310 e. The summed E-state index contributed by atoms with van der Waals surface area (Å²) >= 11 is 0. The van der Waals surface area contributed by atoms with Gasteiger partial charge in [0.15, 0.2) is 0 Å². The molecule has 0 radical (unpaired) electrons. The average Bonchev–Trinajstić information content (AvgIpc) is 2.93. The van der Waals surface area contributed by atoms with E-state index in [1.165, 1.54) is 6.92 Å². The van der Waals surface area contributed by atoms with Crippen LogP contribution in [0.5, 0.6) is 0 Å². The van der Waals surface area contributed by atoms with Crippen LogP contribution in [0.25, 0.3) is 0 Å². The van der Waals surface area contributed by atoms with Crippen molar-refractivity contribution in [3.8, 4) is 0 Å².